The topological polar surface area (TPSA) is 114 Å². The second-order valence-corrected chi connectivity index (χ2v) is 15.7. The summed E-state index contributed by atoms with van der Waals surface area (Å²) in [7, 11) is 0. The minimum absolute atomic E-state index is 0. The van der Waals surface area contributed by atoms with Crippen LogP contribution in [0.1, 0.15) is 128 Å². The molecule has 0 bridgehead atoms. The van der Waals surface area contributed by atoms with Gasteiger partial charge in [-0.1, -0.05) is 106 Å². The summed E-state index contributed by atoms with van der Waals surface area (Å²) in [6, 6.07) is 12.3. The molecule has 240 valence electrons. The Labute approximate surface area is 282 Å². The Morgan fingerprint density at radius 2 is 0.822 bits per heavy atom. The van der Waals surface area contributed by atoms with E-state index in [9.17, 15) is 29.4 Å². The number of ketones is 2. The Morgan fingerprint density at radius 3 is 1.09 bits per heavy atom. The van der Waals surface area contributed by atoms with Crippen molar-refractivity contribution in [3.8, 4) is 0 Å². The molecule has 4 rings (SSSR count). The van der Waals surface area contributed by atoms with Gasteiger partial charge in [0.1, 0.15) is 11.6 Å². The summed E-state index contributed by atoms with van der Waals surface area (Å²) in [4.78, 5) is 45.6. The van der Waals surface area contributed by atoms with E-state index in [2.05, 4.69) is 79.7 Å². The number of carboxylic acids is 2. The van der Waals surface area contributed by atoms with E-state index in [4.69, 9.17) is 0 Å². The van der Waals surface area contributed by atoms with Crippen LogP contribution >= 0.6 is 0 Å². The minimum Gasteiger partial charge on any atom is -0.549 e. The van der Waals surface area contributed by atoms with Crippen LogP contribution in [0.3, 0.4) is 0 Å². The number of aliphatic carboxylic acids is 2. The molecule has 0 saturated carbocycles. The van der Waals surface area contributed by atoms with Crippen LogP contribution < -0.4 is 10.2 Å². The van der Waals surface area contributed by atoms with E-state index in [1.807, 2.05) is 12.1 Å². The quantitative estimate of drug-likeness (QED) is 0.287. The maximum absolute atomic E-state index is 12.0. The summed E-state index contributed by atoms with van der Waals surface area (Å²) in [5.74, 6) is -5.31. The van der Waals surface area contributed by atoms with Crippen molar-refractivity contribution in [3.63, 3.8) is 0 Å². The van der Waals surface area contributed by atoms with Crippen LogP contribution in [0.25, 0.3) is 0 Å². The number of hydrogen-bond donors (Lipinski definition) is 0. The first-order valence-corrected chi connectivity index (χ1v) is 15.8. The third-order valence-corrected chi connectivity index (χ3v) is 10.3. The zero-order chi connectivity index (χ0) is 33.4. The molecule has 0 radical (unpaired) electrons. The summed E-state index contributed by atoms with van der Waals surface area (Å²) in [5, 5.41) is 21.6. The second kappa shape index (κ2) is 14.0. The van der Waals surface area contributed by atoms with Crippen LogP contribution in [0.4, 0.5) is 0 Å². The Bertz CT molecular complexity index is 1340. The van der Waals surface area contributed by atoms with Crippen LogP contribution in [0, 0.1) is 11.8 Å². The Hall–Kier alpha value is -2.66. The molecule has 2 aliphatic carbocycles. The standard InChI is InChI=1S/2C19H26O3.Zn/c2*1-12(17(21)22)16(20)11-13-6-7-14-15(10-13)19(4,5)9-8-18(14,2)3;/h2*6-7,10,12H,8-9,11H2,1-5H3,(H,21,22);/q;;+2/p-2. The van der Waals surface area contributed by atoms with Gasteiger partial charge in [0, 0.05) is 12.8 Å². The molecule has 2 aromatic carbocycles. The third-order valence-electron chi connectivity index (χ3n) is 10.3. The van der Waals surface area contributed by atoms with Gasteiger partial charge in [-0.2, -0.15) is 0 Å². The molecular formula is C38H50O6Zn. The van der Waals surface area contributed by atoms with Crippen molar-refractivity contribution in [2.75, 3.05) is 0 Å². The summed E-state index contributed by atoms with van der Waals surface area (Å²) in [5.41, 5.74) is 7.50. The first-order chi connectivity index (χ1) is 20.1. The van der Waals surface area contributed by atoms with E-state index in [0.29, 0.717) is 0 Å². The van der Waals surface area contributed by atoms with Crippen molar-refractivity contribution in [1.82, 2.24) is 0 Å². The van der Waals surface area contributed by atoms with Gasteiger partial charge in [0.25, 0.3) is 0 Å². The van der Waals surface area contributed by atoms with Crippen LogP contribution in [0.15, 0.2) is 36.4 Å². The van der Waals surface area contributed by atoms with Gasteiger partial charge < -0.3 is 19.8 Å². The maximum Gasteiger partial charge on any atom is 2.00 e. The van der Waals surface area contributed by atoms with Crippen molar-refractivity contribution in [3.05, 3.63) is 69.8 Å². The van der Waals surface area contributed by atoms with E-state index in [-0.39, 0.29) is 65.5 Å². The van der Waals surface area contributed by atoms with Crippen LogP contribution in [-0.4, -0.2) is 23.5 Å². The molecule has 45 heavy (non-hydrogen) atoms. The summed E-state index contributed by atoms with van der Waals surface area (Å²) in [6.45, 7) is 20.7. The molecule has 0 saturated heterocycles. The summed E-state index contributed by atoms with van der Waals surface area (Å²) >= 11 is 0. The number of rotatable bonds is 8. The summed E-state index contributed by atoms with van der Waals surface area (Å²) < 4.78 is 0. The molecule has 7 heteroatoms. The van der Waals surface area contributed by atoms with E-state index in [1.54, 1.807) is 0 Å². The number of Topliss-reactive ketones (excluding diaryl/α,β-unsaturated/α-hetero) is 2. The van der Waals surface area contributed by atoms with Gasteiger partial charge in [0.15, 0.2) is 0 Å². The van der Waals surface area contributed by atoms with Gasteiger partial charge in [0.2, 0.25) is 0 Å². The maximum atomic E-state index is 12.0. The van der Waals surface area contributed by atoms with Crippen molar-refractivity contribution < 1.29 is 48.9 Å². The molecular weight excluding hydrogens is 618 g/mol. The van der Waals surface area contributed by atoms with E-state index >= 15 is 0 Å². The Kier molecular flexibility index (Phi) is 12.0. The monoisotopic (exact) mass is 666 g/mol. The molecule has 2 aliphatic rings. The van der Waals surface area contributed by atoms with Gasteiger partial charge in [-0.25, -0.2) is 0 Å². The van der Waals surface area contributed by atoms with Crippen molar-refractivity contribution in [2.24, 2.45) is 11.8 Å². The molecule has 0 aromatic heterocycles. The zero-order valence-electron chi connectivity index (χ0n) is 29.0. The fourth-order valence-corrected chi connectivity index (χ4v) is 6.46. The Balaban J connectivity index is 0.000000307. The van der Waals surface area contributed by atoms with Gasteiger partial charge >= 0.3 is 19.5 Å². The van der Waals surface area contributed by atoms with E-state index < -0.39 is 23.8 Å². The SMILES string of the molecule is CC(C(=O)[O-])C(=O)Cc1ccc2c(c1)C(C)(C)CCC2(C)C.CC(C(=O)[O-])C(=O)Cc1ccc2c(c1)C(C)(C)CCC2(C)C.[Zn+2]. The normalized spacial score (nSPS) is 19.6. The molecule has 0 N–H and O–H groups in total. The molecule has 0 fully saturated rings. The Morgan fingerprint density at radius 1 is 0.556 bits per heavy atom. The predicted molar refractivity (Wildman–Crippen MR) is 169 cm³/mol. The first-order valence-electron chi connectivity index (χ1n) is 15.8. The zero-order valence-corrected chi connectivity index (χ0v) is 32.0. The number of hydrogen-bond acceptors (Lipinski definition) is 6. The number of carbonyl (C=O) groups is 4. The minimum atomic E-state index is -1.30. The van der Waals surface area contributed by atoms with E-state index in [0.717, 1.165) is 36.8 Å². The average Bonchev–Trinajstić information content (AvgIpc) is 2.93. The second-order valence-electron chi connectivity index (χ2n) is 15.7. The van der Waals surface area contributed by atoms with Crippen LogP contribution in [-0.2, 0) is 73.2 Å². The van der Waals surface area contributed by atoms with Crippen molar-refractivity contribution in [2.45, 2.75) is 129 Å². The molecule has 2 atom stereocenters. The number of carboxylic acid groups (broad SMARTS) is 2. The fraction of sp³-hybridized carbons (Fsp3) is 0.579. The smallest absolute Gasteiger partial charge is 0.549 e. The molecule has 0 amide bonds. The third kappa shape index (κ3) is 8.79. The van der Waals surface area contributed by atoms with Crippen LogP contribution in [0.2, 0.25) is 0 Å². The van der Waals surface area contributed by atoms with Gasteiger partial charge in [-0.3, -0.25) is 9.59 Å². The number of benzene rings is 2. The van der Waals surface area contributed by atoms with Crippen molar-refractivity contribution >= 4 is 23.5 Å². The van der Waals surface area contributed by atoms with Gasteiger partial charge in [0.05, 0.1) is 23.8 Å². The number of fused-ring (bicyclic) bond motifs is 2. The molecule has 2 unspecified atom stereocenters. The summed E-state index contributed by atoms with van der Waals surface area (Å²) in [6.07, 6.45) is 4.82. The number of carbonyl (C=O) groups excluding carboxylic acids is 4. The molecule has 0 aliphatic heterocycles. The predicted octanol–water partition coefficient (Wildman–Crippen LogP) is 5.06. The molecule has 0 heterocycles. The first kappa shape index (κ1) is 38.5. The molecule has 2 aromatic rings. The van der Waals surface area contributed by atoms with E-state index in [1.165, 1.54) is 36.1 Å². The largest absolute Gasteiger partial charge is 2.00 e. The fourth-order valence-electron chi connectivity index (χ4n) is 6.46. The van der Waals surface area contributed by atoms with Gasteiger partial charge in [-0.05, 0) is 80.7 Å². The van der Waals surface area contributed by atoms with Crippen molar-refractivity contribution in [1.29, 1.82) is 0 Å². The van der Waals surface area contributed by atoms with Gasteiger partial charge in [-0.15, -0.1) is 0 Å². The molecule has 0 spiro atoms. The molecule has 6 nitrogen and oxygen atoms in total. The average molecular weight is 668 g/mol. The van der Waals surface area contributed by atoms with Crippen LogP contribution in [0.5, 0.6) is 0 Å².